The fourth-order valence-corrected chi connectivity index (χ4v) is 3.89. The van der Waals surface area contributed by atoms with Gasteiger partial charge < -0.3 is 15.6 Å². The number of benzene rings is 2. The van der Waals surface area contributed by atoms with E-state index in [1.165, 1.54) is 0 Å². The molecule has 3 N–H and O–H groups in total. The third-order valence-electron chi connectivity index (χ3n) is 5.35. The number of fused-ring (bicyclic) bond motifs is 1. The number of carbonyl (C=O) groups is 2. The zero-order valence-corrected chi connectivity index (χ0v) is 20.0. The molecule has 0 saturated carbocycles. The highest BCUT2D eigenvalue weighted by Crippen LogP contribution is 2.22. The van der Waals surface area contributed by atoms with Gasteiger partial charge in [0.2, 0.25) is 5.91 Å². The minimum Gasteiger partial charge on any atom is -0.354 e. The highest BCUT2D eigenvalue weighted by molar-refractivity contribution is 7.98. The van der Waals surface area contributed by atoms with Gasteiger partial charge in [0.1, 0.15) is 11.9 Å². The number of amides is 2. The molecular formula is C25H32N4O2S. The van der Waals surface area contributed by atoms with Crippen LogP contribution in [0.3, 0.4) is 0 Å². The van der Waals surface area contributed by atoms with Gasteiger partial charge in [-0.3, -0.25) is 9.59 Å². The first kappa shape index (κ1) is 23.9. The minimum atomic E-state index is -0.576. The molecule has 2 aromatic carbocycles. The summed E-state index contributed by atoms with van der Waals surface area (Å²) in [6.45, 7) is 6.85. The highest BCUT2D eigenvalue weighted by Gasteiger charge is 2.21. The fourth-order valence-electron chi connectivity index (χ4n) is 3.42. The molecule has 0 saturated heterocycles. The van der Waals surface area contributed by atoms with E-state index in [9.17, 15) is 9.59 Å². The summed E-state index contributed by atoms with van der Waals surface area (Å²) in [5.74, 6) is 1.21. The van der Waals surface area contributed by atoms with E-state index in [2.05, 4.69) is 41.4 Å². The molecule has 0 radical (unpaired) electrons. The van der Waals surface area contributed by atoms with E-state index in [1.54, 1.807) is 11.8 Å². The number of aromatic nitrogens is 2. The van der Waals surface area contributed by atoms with Gasteiger partial charge in [-0.25, -0.2) is 4.98 Å². The number of carbonyl (C=O) groups excluding carboxylic acids is 2. The van der Waals surface area contributed by atoms with E-state index < -0.39 is 6.04 Å². The number of para-hydroxylation sites is 2. The highest BCUT2D eigenvalue weighted by atomic mass is 32.2. The quantitative estimate of drug-likeness (QED) is 0.457. The Morgan fingerprint density at radius 1 is 1.09 bits per heavy atom. The van der Waals surface area contributed by atoms with Crippen LogP contribution in [0.1, 0.15) is 48.9 Å². The van der Waals surface area contributed by atoms with Gasteiger partial charge in [0.15, 0.2) is 0 Å². The van der Waals surface area contributed by atoms with Crippen molar-refractivity contribution in [3.63, 3.8) is 0 Å². The number of nitrogens with one attached hydrogen (secondary N) is 3. The maximum atomic E-state index is 12.8. The van der Waals surface area contributed by atoms with Crippen LogP contribution in [0.15, 0.2) is 48.5 Å². The van der Waals surface area contributed by atoms with Gasteiger partial charge in [0.25, 0.3) is 5.91 Å². The van der Waals surface area contributed by atoms with E-state index in [4.69, 9.17) is 0 Å². The molecule has 3 aromatic rings. The number of nitrogens with zero attached hydrogens (tertiary/aromatic N) is 1. The van der Waals surface area contributed by atoms with Gasteiger partial charge in [0.05, 0.1) is 11.0 Å². The van der Waals surface area contributed by atoms with Crippen molar-refractivity contribution in [3.05, 3.63) is 65.5 Å². The summed E-state index contributed by atoms with van der Waals surface area (Å²) < 4.78 is 0. The number of imidazole rings is 1. The van der Waals surface area contributed by atoms with Crippen LogP contribution in [-0.2, 0) is 16.6 Å². The number of aromatic amines is 1. The van der Waals surface area contributed by atoms with E-state index in [0.717, 1.165) is 28.2 Å². The van der Waals surface area contributed by atoms with Crippen molar-refractivity contribution in [1.82, 2.24) is 20.6 Å². The Hall–Kier alpha value is -2.80. The molecule has 1 atom stereocenters. The van der Waals surface area contributed by atoms with Crippen molar-refractivity contribution in [1.29, 1.82) is 0 Å². The van der Waals surface area contributed by atoms with Crippen LogP contribution in [0.25, 0.3) is 11.0 Å². The second kappa shape index (κ2) is 10.7. The second-order valence-corrected chi connectivity index (χ2v) is 9.86. The predicted octanol–water partition coefficient (Wildman–Crippen LogP) is 4.07. The van der Waals surface area contributed by atoms with Crippen LogP contribution in [0.2, 0.25) is 0 Å². The first-order valence-corrected chi connectivity index (χ1v) is 12.3. The summed E-state index contributed by atoms with van der Waals surface area (Å²) >= 11 is 1.65. The van der Waals surface area contributed by atoms with Crippen molar-refractivity contribution in [3.8, 4) is 0 Å². The lowest BCUT2D eigenvalue weighted by atomic mass is 9.86. The zero-order chi connectivity index (χ0) is 23.1. The van der Waals surface area contributed by atoms with E-state index in [-0.39, 0.29) is 17.2 Å². The molecule has 0 aliphatic heterocycles. The maximum absolute atomic E-state index is 12.8. The molecule has 1 aromatic heterocycles. The topological polar surface area (TPSA) is 86.9 Å². The molecule has 3 rings (SSSR count). The lowest BCUT2D eigenvalue weighted by Gasteiger charge is -2.20. The van der Waals surface area contributed by atoms with Crippen molar-refractivity contribution in [2.45, 2.75) is 45.1 Å². The van der Waals surface area contributed by atoms with Gasteiger partial charge in [-0.1, -0.05) is 45.0 Å². The van der Waals surface area contributed by atoms with Gasteiger partial charge in [-0.2, -0.15) is 11.8 Å². The third-order valence-corrected chi connectivity index (χ3v) is 5.99. The standard InChI is InChI=1S/C25H32N4O2S/c1-25(2,3)18-11-9-17(10-12-18)23(30)29-21(14-16-32-4)24(31)26-15-13-22-27-19-7-5-6-8-20(19)28-22/h5-12,21H,13-16H2,1-4H3,(H,26,31)(H,27,28)(H,29,30)/t21-/m1/s1. The summed E-state index contributed by atoms with van der Waals surface area (Å²) in [5.41, 5.74) is 3.64. The Morgan fingerprint density at radius 3 is 2.47 bits per heavy atom. The molecule has 1 heterocycles. The van der Waals surface area contributed by atoms with Crippen LogP contribution in [0.4, 0.5) is 0 Å². The minimum absolute atomic E-state index is 0.0234. The third kappa shape index (κ3) is 6.36. The van der Waals surface area contributed by atoms with Gasteiger partial charge in [-0.15, -0.1) is 0 Å². The molecule has 0 unspecified atom stereocenters. The number of thioether (sulfide) groups is 1. The monoisotopic (exact) mass is 452 g/mol. The lowest BCUT2D eigenvalue weighted by Crippen LogP contribution is -2.47. The second-order valence-electron chi connectivity index (χ2n) is 8.88. The first-order valence-electron chi connectivity index (χ1n) is 10.9. The molecule has 7 heteroatoms. The summed E-state index contributed by atoms with van der Waals surface area (Å²) in [5, 5.41) is 5.86. The normalized spacial score (nSPS) is 12.5. The van der Waals surface area contributed by atoms with Crippen LogP contribution in [0, 0.1) is 0 Å². The van der Waals surface area contributed by atoms with E-state index >= 15 is 0 Å². The smallest absolute Gasteiger partial charge is 0.251 e. The van der Waals surface area contributed by atoms with Crippen LogP contribution in [0.5, 0.6) is 0 Å². The number of rotatable bonds is 9. The molecule has 0 fully saturated rings. The van der Waals surface area contributed by atoms with Gasteiger partial charge >= 0.3 is 0 Å². The molecule has 6 nitrogen and oxygen atoms in total. The lowest BCUT2D eigenvalue weighted by molar-refractivity contribution is -0.122. The van der Waals surface area contributed by atoms with Crippen LogP contribution >= 0.6 is 11.8 Å². The van der Waals surface area contributed by atoms with Crippen molar-refractivity contribution >= 4 is 34.6 Å². The Bertz CT molecular complexity index is 1020. The Labute approximate surface area is 194 Å². The Kier molecular flexibility index (Phi) is 7.96. The zero-order valence-electron chi connectivity index (χ0n) is 19.2. The SMILES string of the molecule is CSCC[C@@H](NC(=O)c1ccc(C(C)(C)C)cc1)C(=O)NCCc1nc2ccccc2[nH]1. The van der Waals surface area contributed by atoms with E-state index in [1.807, 2.05) is 54.8 Å². The summed E-state index contributed by atoms with van der Waals surface area (Å²) in [7, 11) is 0. The fraction of sp³-hybridized carbons (Fsp3) is 0.400. The Morgan fingerprint density at radius 2 is 1.81 bits per heavy atom. The summed E-state index contributed by atoms with van der Waals surface area (Å²) in [6.07, 6.45) is 3.16. The average Bonchev–Trinajstić information content (AvgIpc) is 3.18. The van der Waals surface area contributed by atoms with Crippen molar-refractivity contribution < 1.29 is 9.59 Å². The Balaban J connectivity index is 1.57. The first-order chi connectivity index (χ1) is 15.3. The molecule has 170 valence electrons. The van der Waals surface area contributed by atoms with Crippen molar-refractivity contribution in [2.24, 2.45) is 0 Å². The van der Waals surface area contributed by atoms with E-state index in [0.29, 0.717) is 24.9 Å². The van der Waals surface area contributed by atoms with Crippen LogP contribution in [-0.4, -0.2) is 46.4 Å². The number of H-pyrrole nitrogens is 1. The van der Waals surface area contributed by atoms with Crippen molar-refractivity contribution in [2.75, 3.05) is 18.6 Å². The maximum Gasteiger partial charge on any atom is 0.251 e. The number of hydrogen-bond acceptors (Lipinski definition) is 4. The summed E-state index contributed by atoms with van der Waals surface area (Å²) in [6, 6.07) is 14.8. The molecule has 0 bridgehead atoms. The molecule has 0 spiro atoms. The predicted molar refractivity (Wildman–Crippen MR) is 132 cm³/mol. The van der Waals surface area contributed by atoms with Gasteiger partial charge in [0, 0.05) is 18.5 Å². The largest absolute Gasteiger partial charge is 0.354 e. The molecular weight excluding hydrogens is 420 g/mol. The van der Waals surface area contributed by atoms with Crippen LogP contribution < -0.4 is 10.6 Å². The molecule has 32 heavy (non-hydrogen) atoms. The number of hydrogen-bond donors (Lipinski definition) is 3. The average molecular weight is 453 g/mol. The molecule has 2 amide bonds. The van der Waals surface area contributed by atoms with Gasteiger partial charge in [-0.05, 0) is 53.7 Å². The molecule has 0 aliphatic carbocycles. The molecule has 0 aliphatic rings. The summed E-state index contributed by atoms with van der Waals surface area (Å²) in [4.78, 5) is 33.4.